The Morgan fingerprint density at radius 1 is 1.44 bits per heavy atom. The Balaban J connectivity index is 2.37. The third-order valence-electron chi connectivity index (χ3n) is 3.35. The molecule has 1 aromatic rings. The molecule has 1 aromatic carbocycles. The fourth-order valence-electron chi connectivity index (χ4n) is 2.03. The van der Waals surface area contributed by atoms with E-state index in [1.54, 1.807) is 0 Å². The van der Waals surface area contributed by atoms with E-state index in [1.165, 1.54) is 0 Å². The van der Waals surface area contributed by atoms with Crippen LogP contribution in [0.25, 0.3) is 0 Å². The Morgan fingerprint density at radius 2 is 2.19 bits per heavy atom. The second-order valence-electron chi connectivity index (χ2n) is 4.54. The summed E-state index contributed by atoms with van der Waals surface area (Å²) >= 11 is 0. The number of aryl methyl sites for hydroxylation is 1. The van der Waals surface area contributed by atoms with Crippen molar-refractivity contribution < 1.29 is 9.53 Å². The van der Waals surface area contributed by atoms with Crippen molar-refractivity contribution in [3.8, 4) is 0 Å². The number of rotatable bonds is 2. The number of carbonyl (C=O) groups excluding carboxylic acids is 1. The van der Waals surface area contributed by atoms with Gasteiger partial charge in [-0.2, -0.15) is 0 Å². The third-order valence-corrected chi connectivity index (χ3v) is 3.35. The van der Waals surface area contributed by atoms with Gasteiger partial charge in [0.05, 0.1) is 6.61 Å². The number of nitrogens with two attached hydrogens (primary N) is 1. The summed E-state index contributed by atoms with van der Waals surface area (Å²) in [6.45, 7) is 4.87. The zero-order valence-electron chi connectivity index (χ0n) is 9.75. The molecule has 1 aliphatic rings. The van der Waals surface area contributed by atoms with E-state index >= 15 is 0 Å². The first-order chi connectivity index (χ1) is 7.54. The molecule has 3 heteroatoms. The quantitative estimate of drug-likeness (QED) is 0.769. The van der Waals surface area contributed by atoms with E-state index in [2.05, 4.69) is 0 Å². The first-order valence-electron chi connectivity index (χ1n) is 5.52. The number of Topliss-reactive ketones (excluding diaryl/α,β-unsaturated/α-hetero) is 1. The van der Waals surface area contributed by atoms with Gasteiger partial charge >= 0.3 is 0 Å². The molecule has 2 N–H and O–H groups in total. The highest BCUT2D eigenvalue weighted by Gasteiger charge is 2.39. The van der Waals surface area contributed by atoms with Crippen LogP contribution in [-0.4, -0.2) is 24.5 Å². The van der Waals surface area contributed by atoms with Crippen LogP contribution < -0.4 is 5.73 Å². The van der Waals surface area contributed by atoms with E-state index in [1.807, 2.05) is 32.0 Å². The Bertz CT molecular complexity index is 420. The van der Waals surface area contributed by atoms with Crippen molar-refractivity contribution in [1.29, 1.82) is 0 Å². The van der Waals surface area contributed by atoms with Gasteiger partial charge in [0.15, 0.2) is 5.78 Å². The van der Waals surface area contributed by atoms with Gasteiger partial charge in [0.25, 0.3) is 0 Å². The van der Waals surface area contributed by atoms with Crippen LogP contribution in [0, 0.1) is 13.8 Å². The van der Waals surface area contributed by atoms with Gasteiger partial charge in [0.1, 0.15) is 5.54 Å². The van der Waals surface area contributed by atoms with Crippen LogP contribution in [0.4, 0.5) is 0 Å². The summed E-state index contributed by atoms with van der Waals surface area (Å²) in [4.78, 5) is 12.3. The van der Waals surface area contributed by atoms with E-state index in [4.69, 9.17) is 10.5 Å². The number of hydrogen-bond acceptors (Lipinski definition) is 3. The maximum atomic E-state index is 12.3. The molecule has 1 fully saturated rings. The largest absolute Gasteiger partial charge is 0.379 e. The fraction of sp³-hybridized carbons (Fsp3) is 0.462. The SMILES string of the molecule is Cc1cccc(C(=O)C2(N)CCOC2)c1C. The van der Waals surface area contributed by atoms with Crippen LogP contribution >= 0.6 is 0 Å². The van der Waals surface area contributed by atoms with Crippen LogP contribution in [-0.2, 0) is 4.74 Å². The number of carbonyl (C=O) groups is 1. The van der Waals surface area contributed by atoms with E-state index in [0.29, 0.717) is 19.6 Å². The van der Waals surface area contributed by atoms with Crippen LogP contribution in [0.2, 0.25) is 0 Å². The average molecular weight is 219 g/mol. The Labute approximate surface area is 95.6 Å². The number of hydrogen-bond donors (Lipinski definition) is 1. The van der Waals surface area contributed by atoms with Crippen molar-refractivity contribution in [1.82, 2.24) is 0 Å². The first kappa shape index (κ1) is 11.3. The predicted molar refractivity (Wildman–Crippen MR) is 62.6 cm³/mol. The number of ketones is 1. The van der Waals surface area contributed by atoms with E-state index < -0.39 is 5.54 Å². The standard InChI is InChI=1S/C13H17NO2/c1-9-4-3-5-11(10(9)2)12(15)13(14)6-7-16-8-13/h3-5H,6-8,14H2,1-2H3. The van der Waals surface area contributed by atoms with Crippen molar-refractivity contribution in [3.63, 3.8) is 0 Å². The van der Waals surface area contributed by atoms with Crippen LogP contribution in [0.3, 0.4) is 0 Å². The molecule has 1 saturated heterocycles. The average Bonchev–Trinajstić information content (AvgIpc) is 2.70. The molecule has 1 unspecified atom stereocenters. The normalized spacial score (nSPS) is 24.7. The van der Waals surface area contributed by atoms with Gasteiger partial charge in [-0.25, -0.2) is 0 Å². The molecule has 1 atom stereocenters. The summed E-state index contributed by atoms with van der Waals surface area (Å²) in [5, 5.41) is 0. The summed E-state index contributed by atoms with van der Waals surface area (Å²) in [7, 11) is 0. The summed E-state index contributed by atoms with van der Waals surface area (Å²) in [6, 6.07) is 5.74. The smallest absolute Gasteiger partial charge is 0.185 e. The molecule has 86 valence electrons. The lowest BCUT2D eigenvalue weighted by molar-refractivity contribution is 0.0862. The maximum absolute atomic E-state index is 12.3. The molecule has 3 nitrogen and oxygen atoms in total. The molecule has 0 radical (unpaired) electrons. The van der Waals surface area contributed by atoms with Crippen LogP contribution in [0.1, 0.15) is 27.9 Å². The molecule has 1 aliphatic heterocycles. The molecular formula is C13H17NO2. The molecule has 0 aromatic heterocycles. The Kier molecular flexibility index (Phi) is 2.82. The second kappa shape index (κ2) is 4.00. The first-order valence-corrected chi connectivity index (χ1v) is 5.52. The Morgan fingerprint density at radius 3 is 2.81 bits per heavy atom. The van der Waals surface area contributed by atoms with Crippen molar-refractivity contribution in [2.45, 2.75) is 25.8 Å². The number of benzene rings is 1. The van der Waals surface area contributed by atoms with Gasteiger partial charge in [-0.15, -0.1) is 0 Å². The molecule has 16 heavy (non-hydrogen) atoms. The topological polar surface area (TPSA) is 52.3 Å². The molecule has 0 bridgehead atoms. The third kappa shape index (κ3) is 1.77. The zero-order chi connectivity index (χ0) is 11.8. The highest BCUT2D eigenvalue weighted by atomic mass is 16.5. The molecule has 1 heterocycles. The van der Waals surface area contributed by atoms with Crippen molar-refractivity contribution in [3.05, 3.63) is 34.9 Å². The number of ether oxygens (including phenoxy) is 1. The maximum Gasteiger partial charge on any atom is 0.185 e. The van der Waals surface area contributed by atoms with Gasteiger partial charge in [0.2, 0.25) is 0 Å². The summed E-state index contributed by atoms with van der Waals surface area (Å²) < 4.78 is 5.23. The van der Waals surface area contributed by atoms with Crippen molar-refractivity contribution >= 4 is 5.78 Å². The lowest BCUT2D eigenvalue weighted by Crippen LogP contribution is -2.48. The summed E-state index contributed by atoms with van der Waals surface area (Å²) in [5.41, 5.74) is 8.12. The highest BCUT2D eigenvalue weighted by Crippen LogP contribution is 2.23. The molecule has 2 rings (SSSR count). The van der Waals surface area contributed by atoms with Crippen LogP contribution in [0.5, 0.6) is 0 Å². The van der Waals surface area contributed by atoms with E-state index in [0.717, 1.165) is 16.7 Å². The highest BCUT2D eigenvalue weighted by molar-refractivity contribution is 6.04. The summed E-state index contributed by atoms with van der Waals surface area (Å²) in [5.74, 6) is 0.00574. The fourth-order valence-corrected chi connectivity index (χ4v) is 2.03. The minimum Gasteiger partial charge on any atom is -0.379 e. The Hall–Kier alpha value is -1.19. The van der Waals surface area contributed by atoms with Gasteiger partial charge in [-0.1, -0.05) is 18.2 Å². The molecule has 0 amide bonds. The lowest BCUT2D eigenvalue weighted by atomic mass is 9.87. The van der Waals surface area contributed by atoms with Crippen LogP contribution in [0.15, 0.2) is 18.2 Å². The zero-order valence-corrected chi connectivity index (χ0v) is 9.75. The predicted octanol–water partition coefficient (Wildman–Crippen LogP) is 1.60. The molecule has 0 spiro atoms. The summed E-state index contributed by atoms with van der Waals surface area (Å²) in [6.07, 6.45) is 0.610. The minimum absolute atomic E-state index is 0.00574. The molecule has 0 aliphatic carbocycles. The molecule has 0 saturated carbocycles. The minimum atomic E-state index is -0.821. The van der Waals surface area contributed by atoms with Gasteiger partial charge in [0, 0.05) is 12.2 Å². The lowest BCUT2D eigenvalue weighted by Gasteiger charge is -2.21. The molecular weight excluding hydrogens is 202 g/mol. The van der Waals surface area contributed by atoms with Crippen molar-refractivity contribution in [2.24, 2.45) is 5.73 Å². The van der Waals surface area contributed by atoms with Gasteiger partial charge in [-0.05, 0) is 31.4 Å². The van der Waals surface area contributed by atoms with Gasteiger partial charge in [-0.3, -0.25) is 4.79 Å². The monoisotopic (exact) mass is 219 g/mol. The van der Waals surface area contributed by atoms with Gasteiger partial charge < -0.3 is 10.5 Å². The van der Waals surface area contributed by atoms with E-state index in [9.17, 15) is 4.79 Å². The second-order valence-corrected chi connectivity index (χ2v) is 4.54. The van der Waals surface area contributed by atoms with Crippen molar-refractivity contribution in [2.75, 3.05) is 13.2 Å². The van der Waals surface area contributed by atoms with E-state index in [-0.39, 0.29) is 5.78 Å².